The van der Waals surface area contributed by atoms with E-state index in [1.807, 2.05) is 30.3 Å². The first kappa shape index (κ1) is 29.1. The highest BCUT2D eigenvalue weighted by atomic mass is 16.6. The number of phenolic OH excluding ortho intramolecular Hbond substituents is 1. The SMILES string of the molecule is C[C@H]1OC(=O)C(C2CCC2)OC(=O)[C@H](C)[C@H](O)[C@H](Cc2ccccc2)NC(=O)[C@H]1CNC(=O)c1ccccc1O. The average molecular weight is 553 g/mol. The van der Waals surface area contributed by atoms with Crippen molar-refractivity contribution >= 4 is 23.8 Å². The second-order valence-corrected chi connectivity index (χ2v) is 10.6. The number of aliphatic hydroxyl groups excluding tert-OH is 1. The first-order chi connectivity index (χ1) is 19.2. The Morgan fingerprint density at radius 1 is 0.975 bits per heavy atom. The summed E-state index contributed by atoms with van der Waals surface area (Å²) < 4.78 is 11.3. The van der Waals surface area contributed by atoms with E-state index in [-0.39, 0.29) is 30.2 Å². The van der Waals surface area contributed by atoms with Crippen molar-refractivity contribution in [2.24, 2.45) is 17.8 Å². The van der Waals surface area contributed by atoms with Gasteiger partial charge in [-0.2, -0.15) is 0 Å². The van der Waals surface area contributed by atoms with E-state index in [0.29, 0.717) is 12.8 Å². The van der Waals surface area contributed by atoms with E-state index in [0.717, 1.165) is 12.0 Å². The van der Waals surface area contributed by atoms with E-state index in [9.17, 15) is 29.4 Å². The van der Waals surface area contributed by atoms with Crippen LogP contribution >= 0.6 is 0 Å². The molecule has 0 radical (unpaired) electrons. The van der Waals surface area contributed by atoms with Crippen LogP contribution in [-0.2, 0) is 30.3 Å². The molecule has 1 heterocycles. The van der Waals surface area contributed by atoms with E-state index < -0.39 is 59.9 Å². The van der Waals surface area contributed by atoms with Crippen LogP contribution in [0.5, 0.6) is 5.75 Å². The molecule has 6 atom stereocenters. The quantitative estimate of drug-likeness (QED) is 0.398. The van der Waals surface area contributed by atoms with Crippen molar-refractivity contribution in [3.8, 4) is 5.75 Å². The highest BCUT2D eigenvalue weighted by Gasteiger charge is 2.43. The smallest absolute Gasteiger partial charge is 0.348 e. The molecule has 1 saturated heterocycles. The highest BCUT2D eigenvalue weighted by Crippen LogP contribution is 2.33. The summed E-state index contributed by atoms with van der Waals surface area (Å²) in [5.41, 5.74) is 0.861. The number of hydrogen-bond acceptors (Lipinski definition) is 8. The summed E-state index contributed by atoms with van der Waals surface area (Å²) in [4.78, 5) is 52.6. The molecular weight excluding hydrogens is 516 g/mol. The second-order valence-electron chi connectivity index (χ2n) is 10.6. The van der Waals surface area contributed by atoms with Crippen LogP contribution in [0.3, 0.4) is 0 Å². The number of nitrogens with one attached hydrogen (secondary N) is 2. The first-order valence-electron chi connectivity index (χ1n) is 13.6. The van der Waals surface area contributed by atoms with E-state index in [2.05, 4.69) is 10.6 Å². The van der Waals surface area contributed by atoms with Crippen molar-refractivity contribution in [3.05, 3.63) is 65.7 Å². The molecule has 2 amide bonds. The second kappa shape index (κ2) is 13.0. The standard InChI is InChI=1S/C30H36N2O8/c1-17-25(34)23(15-19-9-4-3-5-10-19)32-28(36)22(16-31-27(35)21-13-6-7-14-24(21)33)18(2)39-30(38)26(40-29(17)37)20-11-8-12-20/h3-7,9-10,13-14,17-18,20,22-23,25-26,33-34H,8,11-12,15-16H2,1-2H3,(H,31,35)(H,32,36)/t17-,18-,22+,23+,25+,26?/m1/s1. The maximum absolute atomic E-state index is 13.7. The summed E-state index contributed by atoms with van der Waals surface area (Å²) in [6.45, 7) is 2.81. The monoisotopic (exact) mass is 552 g/mol. The van der Waals surface area contributed by atoms with Crippen molar-refractivity contribution in [1.29, 1.82) is 0 Å². The third-order valence-corrected chi connectivity index (χ3v) is 7.81. The van der Waals surface area contributed by atoms with Gasteiger partial charge in [-0.05, 0) is 50.8 Å². The zero-order valence-electron chi connectivity index (χ0n) is 22.6. The Labute approximate surface area is 233 Å². The van der Waals surface area contributed by atoms with E-state index in [1.165, 1.54) is 26.0 Å². The van der Waals surface area contributed by atoms with E-state index >= 15 is 0 Å². The van der Waals surface area contributed by atoms with Gasteiger partial charge in [-0.3, -0.25) is 14.4 Å². The van der Waals surface area contributed by atoms with Crippen LogP contribution in [0, 0.1) is 17.8 Å². The Morgan fingerprint density at radius 3 is 2.30 bits per heavy atom. The largest absolute Gasteiger partial charge is 0.507 e. The minimum absolute atomic E-state index is 0.0314. The minimum Gasteiger partial charge on any atom is -0.507 e. The number of aliphatic hydroxyl groups is 1. The predicted octanol–water partition coefficient (Wildman–Crippen LogP) is 2.12. The van der Waals surface area contributed by atoms with Crippen molar-refractivity contribution in [2.75, 3.05) is 6.54 Å². The van der Waals surface area contributed by atoms with Gasteiger partial charge in [0.25, 0.3) is 5.91 Å². The van der Waals surface area contributed by atoms with Crippen molar-refractivity contribution < 1.29 is 38.9 Å². The summed E-state index contributed by atoms with van der Waals surface area (Å²) in [5, 5.41) is 26.8. The van der Waals surface area contributed by atoms with Crippen molar-refractivity contribution in [2.45, 2.75) is 63.9 Å². The molecular formula is C30H36N2O8. The number of hydrogen-bond donors (Lipinski definition) is 4. The average Bonchev–Trinajstić information content (AvgIpc) is 2.90. The van der Waals surface area contributed by atoms with Crippen LogP contribution in [0.15, 0.2) is 54.6 Å². The molecule has 40 heavy (non-hydrogen) atoms. The number of carbonyl (C=O) groups is 4. The van der Waals surface area contributed by atoms with Gasteiger partial charge in [-0.1, -0.05) is 48.9 Å². The fourth-order valence-corrected chi connectivity index (χ4v) is 4.98. The molecule has 4 N–H and O–H groups in total. The fourth-order valence-electron chi connectivity index (χ4n) is 4.98. The zero-order chi connectivity index (χ0) is 28.8. The van der Waals surface area contributed by atoms with E-state index in [4.69, 9.17) is 9.47 Å². The van der Waals surface area contributed by atoms with Gasteiger partial charge in [0.15, 0.2) is 0 Å². The molecule has 1 saturated carbocycles. The maximum atomic E-state index is 13.7. The number of ether oxygens (including phenoxy) is 2. The van der Waals surface area contributed by atoms with Crippen molar-refractivity contribution in [1.82, 2.24) is 10.6 Å². The lowest BCUT2D eigenvalue weighted by atomic mass is 9.81. The van der Waals surface area contributed by atoms with Crippen LogP contribution in [0.25, 0.3) is 0 Å². The first-order valence-corrected chi connectivity index (χ1v) is 13.6. The lowest BCUT2D eigenvalue weighted by Crippen LogP contribution is -2.55. The van der Waals surface area contributed by atoms with E-state index in [1.54, 1.807) is 12.1 Å². The van der Waals surface area contributed by atoms with Gasteiger partial charge in [0, 0.05) is 12.5 Å². The Balaban J connectivity index is 1.62. The third kappa shape index (κ3) is 6.80. The summed E-state index contributed by atoms with van der Waals surface area (Å²) >= 11 is 0. The molecule has 2 aliphatic rings. The van der Waals surface area contributed by atoms with Crippen molar-refractivity contribution in [3.63, 3.8) is 0 Å². The molecule has 0 aromatic heterocycles. The number of cyclic esters (lactones) is 2. The number of para-hydroxylation sites is 1. The number of aromatic hydroxyl groups is 1. The van der Waals surface area contributed by atoms with Crippen LogP contribution in [0.1, 0.15) is 49.0 Å². The number of benzene rings is 2. The molecule has 2 fully saturated rings. The Bertz CT molecular complexity index is 1220. The summed E-state index contributed by atoms with van der Waals surface area (Å²) in [6, 6.07) is 14.3. The zero-order valence-corrected chi connectivity index (χ0v) is 22.6. The molecule has 0 bridgehead atoms. The van der Waals surface area contributed by atoms with Gasteiger partial charge in [0.1, 0.15) is 11.9 Å². The summed E-state index contributed by atoms with van der Waals surface area (Å²) in [7, 11) is 0. The van der Waals surface area contributed by atoms with Gasteiger partial charge >= 0.3 is 11.9 Å². The highest BCUT2D eigenvalue weighted by molar-refractivity contribution is 5.97. The Kier molecular flexibility index (Phi) is 9.42. The Hall–Kier alpha value is -3.92. The molecule has 2 aromatic carbocycles. The number of esters is 2. The Morgan fingerprint density at radius 2 is 1.65 bits per heavy atom. The molecule has 2 aromatic rings. The molecule has 4 rings (SSSR count). The fraction of sp³-hybridized carbons (Fsp3) is 0.467. The lowest BCUT2D eigenvalue weighted by molar-refractivity contribution is -0.184. The predicted molar refractivity (Wildman–Crippen MR) is 144 cm³/mol. The maximum Gasteiger partial charge on any atom is 0.348 e. The van der Waals surface area contributed by atoms with Gasteiger partial charge in [0.2, 0.25) is 12.0 Å². The van der Waals surface area contributed by atoms with Crippen LogP contribution < -0.4 is 10.6 Å². The number of rotatable bonds is 6. The number of amides is 2. The van der Waals surface area contributed by atoms with Gasteiger partial charge in [-0.25, -0.2) is 4.79 Å². The molecule has 0 spiro atoms. The van der Waals surface area contributed by atoms with Gasteiger partial charge in [-0.15, -0.1) is 0 Å². The van der Waals surface area contributed by atoms with Crippen LogP contribution in [-0.4, -0.2) is 64.9 Å². The molecule has 1 aliphatic heterocycles. The summed E-state index contributed by atoms with van der Waals surface area (Å²) in [5.74, 6) is -5.19. The lowest BCUT2D eigenvalue weighted by Gasteiger charge is -2.36. The molecule has 10 heteroatoms. The van der Waals surface area contributed by atoms with Gasteiger partial charge in [0.05, 0.1) is 29.5 Å². The molecule has 10 nitrogen and oxygen atoms in total. The van der Waals surface area contributed by atoms with Crippen LogP contribution in [0.4, 0.5) is 0 Å². The number of phenols is 1. The molecule has 1 unspecified atom stereocenters. The molecule has 214 valence electrons. The third-order valence-electron chi connectivity index (χ3n) is 7.81. The minimum atomic E-state index is -1.32. The summed E-state index contributed by atoms with van der Waals surface area (Å²) in [6.07, 6.45) is -0.980. The normalized spacial score (nSPS) is 28.1. The van der Waals surface area contributed by atoms with Gasteiger partial charge < -0.3 is 30.3 Å². The molecule has 1 aliphatic carbocycles. The number of carbonyl (C=O) groups excluding carboxylic acids is 4. The van der Waals surface area contributed by atoms with Crippen LogP contribution in [0.2, 0.25) is 0 Å². The topological polar surface area (TPSA) is 151 Å².